The molecule has 0 aliphatic carbocycles. The van der Waals surface area contributed by atoms with E-state index in [0.717, 1.165) is 5.56 Å². The summed E-state index contributed by atoms with van der Waals surface area (Å²) in [4.78, 5) is 24.4. The molecule has 0 fully saturated rings. The van der Waals surface area contributed by atoms with E-state index in [1.807, 2.05) is 19.1 Å². The molecule has 0 aliphatic heterocycles. The van der Waals surface area contributed by atoms with Crippen LogP contribution in [0.2, 0.25) is 0 Å². The van der Waals surface area contributed by atoms with Crippen LogP contribution >= 0.6 is 0 Å². The molecule has 1 aromatic rings. The summed E-state index contributed by atoms with van der Waals surface area (Å²) in [6, 6.07) is 7.26. The maximum absolute atomic E-state index is 12.4. The Morgan fingerprint density at radius 2 is 1.72 bits per heavy atom. The second kappa shape index (κ2) is 5.34. The van der Waals surface area contributed by atoms with Gasteiger partial charge in [0.25, 0.3) is 0 Å². The topological polar surface area (TPSA) is 43.4 Å². The number of ether oxygens (including phenoxy) is 1. The van der Waals surface area contributed by atoms with Gasteiger partial charge in [-0.15, -0.1) is 0 Å². The van der Waals surface area contributed by atoms with Crippen molar-refractivity contribution in [1.29, 1.82) is 0 Å². The highest BCUT2D eigenvalue weighted by molar-refractivity contribution is 6.12. The van der Waals surface area contributed by atoms with Crippen LogP contribution in [0.5, 0.6) is 0 Å². The molecule has 0 spiro atoms. The summed E-state index contributed by atoms with van der Waals surface area (Å²) in [5, 5.41) is 0. The Morgan fingerprint density at radius 1 is 1.17 bits per heavy atom. The molecule has 1 aromatic carbocycles. The van der Waals surface area contributed by atoms with Crippen molar-refractivity contribution in [2.75, 3.05) is 0 Å². The molecule has 3 heteroatoms. The smallest absolute Gasteiger partial charge is 0.319 e. The molecule has 0 unspecified atom stereocenters. The third-order valence-corrected chi connectivity index (χ3v) is 2.81. The minimum atomic E-state index is -1.16. The second-order valence-electron chi connectivity index (χ2n) is 5.22. The van der Waals surface area contributed by atoms with Crippen LogP contribution < -0.4 is 0 Å². The number of hydrogen-bond donors (Lipinski definition) is 0. The largest absolute Gasteiger partial charge is 0.462 e. The SMILES string of the molecule is Cc1ccccc1C(=O)C(C)(C)C(=O)OC(C)C. The van der Waals surface area contributed by atoms with Gasteiger partial charge in [0.05, 0.1) is 6.10 Å². The summed E-state index contributed by atoms with van der Waals surface area (Å²) in [6.07, 6.45) is -0.221. The summed E-state index contributed by atoms with van der Waals surface area (Å²) in [7, 11) is 0. The summed E-state index contributed by atoms with van der Waals surface area (Å²) in [5.74, 6) is -0.683. The molecule has 0 saturated carbocycles. The molecule has 0 saturated heterocycles. The fourth-order valence-corrected chi connectivity index (χ4v) is 1.62. The number of esters is 1. The highest BCUT2D eigenvalue weighted by Crippen LogP contribution is 2.25. The molecule has 98 valence electrons. The molecule has 18 heavy (non-hydrogen) atoms. The third-order valence-electron chi connectivity index (χ3n) is 2.81. The van der Waals surface area contributed by atoms with Gasteiger partial charge >= 0.3 is 5.97 Å². The summed E-state index contributed by atoms with van der Waals surface area (Å²) in [6.45, 7) is 8.61. The molecule has 0 bridgehead atoms. The Hall–Kier alpha value is -1.64. The van der Waals surface area contributed by atoms with Crippen LogP contribution in [0.25, 0.3) is 0 Å². The van der Waals surface area contributed by atoms with Gasteiger partial charge in [-0.25, -0.2) is 0 Å². The van der Waals surface area contributed by atoms with E-state index in [2.05, 4.69) is 0 Å². The number of Topliss-reactive ketones (excluding diaryl/α,β-unsaturated/α-hetero) is 1. The lowest BCUT2D eigenvalue weighted by molar-refractivity contribution is -0.155. The van der Waals surface area contributed by atoms with E-state index in [4.69, 9.17) is 4.74 Å². The molecule has 0 N–H and O–H groups in total. The molecule has 0 atom stereocenters. The van der Waals surface area contributed by atoms with Crippen LogP contribution in [0.3, 0.4) is 0 Å². The zero-order valence-corrected chi connectivity index (χ0v) is 11.6. The van der Waals surface area contributed by atoms with Gasteiger partial charge in [-0.05, 0) is 40.2 Å². The van der Waals surface area contributed by atoms with Crippen molar-refractivity contribution in [1.82, 2.24) is 0 Å². The molecule has 0 aromatic heterocycles. The monoisotopic (exact) mass is 248 g/mol. The molecule has 0 heterocycles. The van der Waals surface area contributed by atoms with Gasteiger partial charge in [0.1, 0.15) is 5.41 Å². The molecular formula is C15H20O3. The van der Waals surface area contributed by atoms with E-state index < -0.39 is 11.4 Å². The number of carbonyl (C=O) groups is 2. The van der Waals surface area contributed by atoms with Gasteiger partial charge in [0.2, 0.25) is 0 Å². The van der Waals surface area contributed by atoms with Crippen molar-refractivity contribution in [2.45, 2.75) is 40.7 Å². The van der Waals surface area contributed by atoms with Gasteiger partial charge in [-0.3, -0.25) is 9.59 Å². The molecule has 0 radical (unpaired) electrons. The van der Waals surface area contributed by atoms with E-state index in [1.54, 1.807) is 39.8 Å². The fraction of sp³-hybridized carbons (Fsp3) is 0.467. The van der Waals surface area contributed by atoms with Crippen molar-refractivity contribution < 1.29 is 14.3 Å². The summed E-state index contributed by atoms with van der Waals surface area (Å²) >= 11 is 0. The van der Waals surface area contributed by atoms with Crippen LogP contribution in [0.1, 0.15) is 43.6 Å². The molecule has 3 nitrogen and oxygen atoms in total. The standard InChI is InChI=1S/C15H20O3/c1-10(2)18-14(17)15(4,5)13(16)12-9-7-6-8-11(12)3/h6-10H,1-5H3. The average molecular weight is 248 g/mol. The Labute approximate surface area is 108 Å². The second-order valence-corrected chi connectivity index (χ2v) is 5.22. The van der Waals surface area contributed by atoms with E-state index in [-0.39, 0.29) is 11.9 Å². The zero-order chi connectivity index (χ0) is 13.9. The van der Waals surface area contributed by atoms with Crippen molar-refractivity contribution in [3.63, 3.8) is 0 Å². The summed E-state index contributed by atoms with van der Waals surface area (Å²) in [5.41, 5.74) is 0.284. The Balaban J connectivity index is 3.02. The first-order valence-electron chi connectivity index (χ1n) is 6.08. The predicted octanol–water partition coefficient (Wildman–Crippen LogP) is 3.16. The number of ketones is 1. The molecule has 0 amide bonds. The predicted molar refractivity (Wildman–Crippen MR) is 70.5 cm³/mol. The minimum Gasteiger partial charge on any atom is -0.462 e. The van der Waals surface area contributed by atoms with Crippen molar-refractivity contribution in [2.24, 2.45) is 5.41 Å². The number of hydrogen-bond acceptors (Lipinski definition) is 3. The van der Waals surface area contributed by atoms with Crippen molar-refractivity contribution >= 4 is 11.8 Å². The van der Waals surface area contributed by atoms with Crippen LogP contribution in [0.4, 0.5) is 0 Å². The van der Waals surface area contributed by atoms with Gasteiger partial charge in [0.15, 0.2) is 5.78 Å². The number of carbonyl (C=O) groups excluding carboxylic acids is 2. The Bertz CT molecular complexity index is 459. The highest BCUT2D eigenvalue weighted by Gasteiger charge is 2.39. The molecule has 0 aliphatic rings. The average Bonchev–Trinajstić information content (AvgIpc) is 2.27. The van der Waals surface area contributed by atoms with Gasteiger partial charge in [-0.1, -0.05) is 24.3 Å². The molecular weight excluding hydrogens is 228 g/mol. The lowest BCUT2D eigenvalue weighted by Gasteiger charge is -2.23. The highest BCUT2D eigenvalue weighted by atomic mass is 16.5. The zero-order valence-electron chi connectivity index (χ0n) is 11.6. The Morgan fingerprint density at radius 3 is 2.22 bits per heavy atom. The van der Waals surface area contributed by atoms with E-state index in [9.17, 15) is 9.59 Å². The lowest BCUT2D eigenvalue weighted by atomic mass is 9.83. The van der Waals surface area contributed by atoms with Gasteiger partial charge in [0, 0.05) is 5.56 Å². The first kappa shape index (κ1) is 14.4. The fourth-order valence-electron chi connectivity index (χ4n) is 1.62. The van der Waals surface area contributed by atoms with Crippen LogP contribution in [0, 0.1) is 12.3 Å². The first-order valence-corrected chi connectivity index (χ1v) is 6.08. The maximum atomic E-state index is 12.4. The molecule has 1 rings (SSSR count). The Kier molecular flexibility index (Phi) is 4.28. The quantitative estimate of drug-likeness (QED) is 0.467. The van der Waals surface area contributed by atoms with E-state index in [1.165, 1.54) is 0 Å². The third kappa shape index (κ3) is 2.97. The van der Waals surface area contributed by atoms with E-state index >= 15 is 0 Å². The van der Waals surface area contributed by atoms with Gasteiger partial charge < -0.3 is 4.74 Å². The van der Waals surface area contributed by atoms with E-state index in [0.29, 0.717) is 5.56 Å². The maximum Gasteiger partial charge on any atom is 0.319 e. The lowest BCUT2D eigenvalue weighted by Crippen LogP contribution is -2.36. The van der Waals surface area contributed by atoms with Crippen LogP contribution in [-0.4, -0.2) is 17.9 Å². The van der Waals surface area contributed by atoms with Crippen molar-refractivity contribution in [3.05, 3.63) is 35.4 Å². The summed E-state index contributed by atoms with van der Waals surface area (Å²) < 4.78 is 5.14. The number of rotatable bonds is 4. The first-order chi connectivity index (χ1) is 8.26. The minimum absolute atomic E-state index is 0.203. The van der Waals surface area contributed by atoms with Crippen molar-refractivity contribution in [3.8, 4) is 0 Å². The van der Waals surface area contributed by atoms with Crippen LogP contribution in [-0.2, 0) is 9.53 Å². The number of aryl methyl sites for hydroxylation is 1. The number of benzene rings is 1. The van der Waals surface area contributed by atoms with Crippen LogP contribution in [0.15, 0.2) is 24.3 Å². The van der Waals surface area contributed by atoms with Gasteiger partial charge in [-0.2, -0.15) is 0 Å². The normalized spacial score (nSPS) is 11.4.